The first-order valence-corrected chi connectivity index (χ1v) is 11.6. The molecule has 0 bridgehead atoms. The van der Waals surface area contributed by atoms with Gasteiger partial charge in [0.25, 0.3) is 0 Å². The van der Waals surface area contributed by atoms with Crippen molar-refractivity contribution in [1.29, 1.82) is 0 Å². The molecule has 0 aliphatic carbocycles. The predicted molar refractivity (Wildman–Crippen MR) is 120 cm³/mol. The molecule has 0 radical (unpaired) electrons. The van der Waals surface area contributed by atoms with Gasteiger partial charge in [-0.15, -0.1) is 0 Å². The Kier molecular flexibility index (Phi) is 8.42. The molecule has 1 aromatic carbocycles. The van der Waals surface area contributed by atoms with Crippen molar-refractivity contribution < 1.29 is 37.0 Å². The van der Waals surface area contributed by atoms with E-state index in [1.807, 2.05) is 4.90 Å². The standard InChI is InChI=1S/C24H30F3N3O5/c1-4-34-21(31)15-10-12-30(13-11-15)14-18-19(22(32)35-5-2)20(28-23(33)29(18)3)16-8-6-7-9-17(16)24(25,26)27/h6-9,15,20H,4-5,10-14H2,1-3H3,(H,28,33)/t20-/m0/s1. The third kappa shape index (κ3) is 5.95. The van der Waals surface area contributed by atoms with Crippen LogP contribution in [0, 0.1) is 5.92 Å². The third-order valence-electron chi connectivity index (χ3n) is 6.23. The Hall–Kier alpha value is -3.08. The van der Waals surface area contributed by atoms with Gasteiger partial charge in [0.2, 0.25) is 0 Å². The molecule has 0 spiro atoms. The number of piperidine rings is 1. The number of rotatable bonds is 7. The van der Waals surface area contributed by atoms with Gasteiger partial charge in [-0.25, -0.2) is 9.59 Å². The van der Waals surface area contributed by atoms with Crippen LogP contribution in [0.3, 0.4) is 0 Å². The quantitative estimate of drug-likeness (QED) is 0.581. The number of nitrogens with zero attached hydrogens (tertiary/aromatic N) is 2. The Balaban J connectivity index is 1.98. The van der Waals surface area contributed by atoms with Gasteiger partial charge in [0.05, 0.1) is 36.3 Å². The van der Waals surface area contributed by atoms with Gasteiger partial charge in [-0.05, 0) is 51.4 Å². The van der Waals surface area contributed by atoms with E-state index >= 15 is 0 Å². The van der Waals surface area contributed by atoms with Gasteiger partial charge in [-0.1, -0.05) is 18.2 Å². The SMILES string of the molecule is CCOC(=O)C1=C(CN2CCC(C(=O)OCC)CC2)N(C)C(=O)N[C@H]1c1ccccc1C(F)(F)F. The number of likely N-dealkylation sites (tertiary alicyclic amines) is 1. The van der Waals surface area contributed by atoms with Crippen LogP contribution >= 0.6 is 0 Å². The molecular weight excluding hydrogens is 467 g/mol. The lowest BCUT2D eigenvalue weighted by Crippen LogP contribution is -2.50. The molecule has 8 nitrogen and oxygen atoms in total. The van der Waals surface area contributed by atoms with Gasteiger partial charge in [0.15, 0.2) is 0 Å². The maximum atomic E-state index is 13.8. The fourth-order valence-corrected chi connectivity index (χ4v) is 4.44. The van der Waals surface area contributed by atoms with Gasteiger partial charge in [0.1, 0.15) is 0 Å². The number of urea groups is 1. The second-order valence-corrected chi connectivity index (χ2v) is 8.41. The average molecular weight is 498 g/mol. The number of carbonyl (C=O) groups excluding carboxylic acids is 3. The van der Waals surface area contributed by atoms with Crippen molar-refractivity contribution in [2.24, 2.45) is 5.92 Å². The van der Waals surface area contributed by atoms with E-state index in [9.17, 15) is 27.6 Å². The van der Waals surface area contributed by atoms with Gasteiger partial charge in [0, 0.05) is 19.3 Å². The number of alkyl halides is 3. The first-order chi connectivity index (χ1) is 16.6. The highest BCUT2D eigenvalue weighted by molar-refractivity contribution is 5.95. The second kappa shape index (κ2) is 11.1. The zero-order valence-electron chi connectivity index (χ0n) is 20.0. The molecule has 0 saturated carbocycles. The van der Waals surface area contributed by atoms with E-state index < -0.39 is 29.8 Å². The zero-order chi connectivity index (χ0) is 25.8. The summed E-state index contributed by atoms with van der Waals surface area (Å²) in [4.78, 5) is 41.1. The number of hydrogen-bond donors (Lipinski definition) is 1. The molecule has 0 aromatic heterocycles. The van der Waals surface area contributed by atoms with Crippen LogP contribution in [0.2, 0.25) is 0 Å². The van der Waals surface area contributed by atoms with Crippen LogP contribution in [-0.4, -0.2) is 67.7 Å². The fraction of sp³-hybridized carbons (Fsp3) is 0.542. The Bertz CT molecular complexity index is 987. The van der Waals surface area contributed by atoms with E-state index in [0.29, 0.717) is 32.5 Å². The van der Waals surface area contributed by atoms with Gasteiger partial charge >= 0.3 is 24.1 Å². The maximum Gasteiger partial charge on any atom is 0.416 e. The Morgan fingerprint density at radius 2 is 1.71 bits per heavy atom. The van der Waals surface area contributed by atoms with Crippen molar-refractivity contribution in [2.45, 2.75) is 38.9 Å². The minimum absolute atomic E-state index is 0.0197. The van der Waals surface area contributed by atoms with E-state index in [4.69, 9.17) is 9.47 Å². The molecule has 0 unspecified atom stereocenters. The van der Waals surface area contributed by atoms with Gasteiger partial charge < -0.3 is 14.8 Å². The highest BCUT2D eigenvalue weighted by atomic mass is 19.4. The second-order valence-electron chi connectivity index (χ2n) is 8.41. The summed E-state index contributed by atoms with van der Waals surface area (Å²) in [7, 11) is 1.46. The fourth-order valence-electron chi connectivity index (χ4n) is 4.44. The molecule has 1 fully saturated rings. The van der Waals surface area contributed by atoms with Crippen molar-refractivity contribution in [3.05, 3.63) is 46.7 Å². The molecule has 2 amide bonds. The lowest BCUT2D eigenvalue weighted by molar-refractivity contribution is -0.149. The number of benzene rings is 1. The molecule has 192 valence electrons. The number of likely N-dealkylation sites (N-methyl/N-ethyl adjacent to an activating group) is 1. The topological polar surface area (TPSA) is 88.2 Å². The molecular formula is C24H30F3N3O5. The van der Waals surface area contributed by atoms with Crippen LogP contribution in [0.1, 0.15) is 43.9 Å². The Labute approximate surface area is 202 Å². The molecule has 2 aliphatic heterocycles. The lowest BCUT2D eigenvalue weighted by Gasteiger charge is -2.38. The molecule has 2 aliphatic rings. The Morgan fingerprint density at radius 3 is 2.31 bits per heavy atom. The van der Waals surface area contributed by atoms with Crippen molar-refractivity contribution in [3.63, 3.8) is 0 Å². The van der Waals surface area contributed by atoms with Crippen molar-refractivity contribution in [3.8, 4) is 0 Å². The van der Waals surface area contributed by atoms with Crippen LogP contribution in [0.25, 0.3) is 0 Å². The normalized spacial score (nSPS) is 20.0. The van der Waals surface area contributed by atoms with Crippen LogP contribution in [0.4, 0.5) is 18.0 Å². The van der Waals surface area contributed by atoms with Crippen LogP contribution in [-0.2, 0) is 25.2 Å². The summed E-state index contributed by atoms with van der Waals surface area (Å²) in [6, 6.07) is 2.89. The molecule has 11 heteroatoms. The summed E-state index contributed by atoms with van der Waals surface area (Å²) < 4.78 is 51.6. The number of esters is 2. The lowest BCUT2D eigenvalue weighted by atomic mass is 9.90. The summed E-state index contributed by atoms with van der Waals surface area (Å²) >= 11 is 0. The molecule has 2 heterocycles. The number of carbonyl (C=O) groups is 3. The van der Waals surface area contributed by atoms with Crippen LogP contribution in [0.15, 0.2) is 35.5 Å². The van der Waals surface area contributed by atoms with Crippen molar-refractivity contribution in [2.75, 3.05) is 39.9 Å². The van der Waals surface area contributed by atoms with Gasteiger partial charge in [-0.3, -0.25) is 14.6 Å². The zero-order valence-corrected chi connectivity index (χ0v) is 20.0. The number of hydrogen-bond acceptors (Lipinski definition) is 6. The van der Waals surface area contributed by atoms with Gasteiger partial charge in [-0.2, -0.15) is 13.2 Å². The minimum Gasteiger partial charge on any atom is -0.466 e. The highest BCUT2D eigenvalue weighted by Gasteiger charge is 2.42. The first-order valence-electron chi connectivity index (χ1n) is 11.6. The van der Waals surface area contributed by atoms with Crippen LogP contribution < -0.4 is 5.32 Å². The molecule has 1 aromatic rings. The monoisotopic (exact) mass is 497 g/mol. The predicted octanol–water partition coefficient (Wildman–Crippen LogP) is 3.49. The van der Waals surface area contributed by atoms with E-state index in [-0.39, 0.29) is 41.9 Å². The van der Waals surface area contributed by atoms with E-state index in [1.54, 1.807) is 13.8 Å². The average Bonchev–Trinajstić information content (AvgIpc) is 2.82. The molecule has 1 saturated heterocycles. The summed E-state index contributed by atoms with van der Waals surface area (Å²) in [6.07, 6.45) is -3.60. The third-order valence-corrected chi connectivity index (χ3v) is 6.23. The Morgan fingerprint density at radius 1 is 1.09 bits per heavy atom. The van der Waals surface area contributed by atoms with E-state index in [0.717, 1.165) is 6.07 Å². The number of nitrogens with one attached hydrogen (secondary N) is 1. The number of amides is 2. The largest absolute Gasteiger partial charge is 0.466 e. The first kappa shape index (κ1) is 26.5. The summed E-state index contributed by atoms with van der Waals surface area (Å²) in [6.45, 7) is 4.81. The number of ether oxygens (including phenoxy) is 2. The smallest absolute Gasteiger partial charge is 0.416 e. The van der Waals surface area contributed by atoms with Crippen molar-refractivity contribution in [1.82, 2.24) is 15.1 Å². The maximum absolute atomic E-state index is 13.8. The molecule has 35 heavy (non-hydrogen) atoms. The highest BCUT2D eigenvalue weighted by Crippen LogP contribution is 2.39. The van der Waals surface area contributed by atoms with Crippen LogP contribution in [0.5, 0.6) is 0 Å². The molecule has 3 rings (SSSR count). The van der Waals surface area contributed by atoms with Crippen molar-refractivity contribution >= 4 is 18.0 Å². The summed E-state index contributed by atoms with van der Waals surface area (Å²) in [5, 5.41) is 2.54. The summed E-state index contributed by atoms with van der Waals surface area (Å²) in [5.74, 6) is -1.28. The van der Waals surface area contributed by atoms with E-state index in [2.05, 4.69) is 5.32 Å². The summed E-state index contributed by atoms with van der Waals surface area (Å²) in [5.41, 5.74) is -0.948. The minimum atomic E-state index is -4.68. The molecule has 1 atom stereocenters. The number of halogens is 3. The van der Waals surface area contributed by atoms with E-state index in [1.165, 1.54) is 30.1 Å². The molecule has 1 N–H and O–H groups in total.